The van der Waals surface area contributed by atoms with Crippen LogP contribution < -0.4 is 5.32 Å². The topological polar surface area (TPSA) is 62.5 Å². The largest absolute Gasteiger partial charge is 0.464 e. The van der Waals surface area contributed by atoms with Gasteiger partial charge in [0.25, 0.3) is 5.91 Å². The third-order valence-corrected chi connectivity index (χ3v) is 4.14. The monoisotopic (exact) mass is 353 g/mol. The lowest BCUT2D eigenvalue weighted by Gasteiger charge is -2.11. The van der Waals surface area contributed by atoms with Crippen molar-refractivity contribution in [2.45, 2.75) is 20.0 Å². The molecule has 2 N–H and O–H groups in total. The zero-order chi connectivity index (χ0) is 18.7. The first-order valence-corrected chi connectivity index (χ1v) is 8.33. The minimum atomic E-state index is -0.984. The fourth-order valence-electron chi connectivity index (χ4n) is 2.64. The van der Waals surface area contributed by atoms with Crippen LogP contribution in [-0.4, -0.2) is 17.6 Å². The molecule has 3 rings (SSSR count). The number of benzene rings is 2. The van der Waals surface area contributed by atoms with Gasteiger partial charge in [0.2, 0.25) is 0 Å². The van der Waals surface area contributed by atoms with Crippen LogP contribution in [0.4, 0.5) is 4.39 Å². The standard InChI is InChI=1S/C21H20FNO3/c1-13-3-6-15(7-4-13)16-8-9-17(18(22)11-16)21(25)23-12-19(24)20-10-5-14(2)26-20/h3-11,19,24H,12H2,1-2H3,(H,23,25)/t19-/m1/s1. The van der Waals surface area contributed by atoms with Gasteiger partial charge in [-0.15, -0.1) is 0 Å². The summed E-state index contributed by atoms with van der Waals surface area (Å²) < 4.78 is 19.7. The Labute approximate surface area is 151 Å². The molecule has 0 unspecified atom stereocenters. The first kappa shape index (κ1) is 17.9. The van der Waals surface area contributed by atoms with Crippen LogP contribution in [-0.2, 0) is 0 Å². The van der Waals surface area contributed by atoms with E-state index >= 15 is 0 Å². The van der Waals surface area contributed by atoms with Gasteiger partial charge < -0.3 is 14.8 Å². The van der Waals surface area contributed by atoms with Crippen molar-refractivity contribution >= 4 is 5.91 Å². The maximum Gasteiger partial charge on any atom is 0.254 e. The van der Waals surface area contributed by atoms with Gasteiger partial charge in [-0.3, -0.25) is 4.79 Å². The second-order valence-electron chi connectivity index (χ2n) is 6.23. The third-order valence-electron chi connectivity index (χ3n) is 4.14. The lowest BCUT2D eigenvalue weighted by atomic mass is 10.0. The normalized spacial score (nSPS) is 12.0. The van der Waals surface area contributed by atoms with E-state index in [1.807, 2.05) is 31.2 Å². The van der Waals surface area contributed by atoms with Gasteiger partial charge in [0.1, 0.15) is 23.4 Å². The SMILES string of the molecule is Cc1ccc(-c2ccc(C(=O)NC[C@@H](O)c3ccc(C)o3)c(F)c2)cc1. The van der Waals surface area contributed by atoms with Crippen LogP contribution in [0.1, 0.15) is 33.5 Å². The van der Waals surface area contributed by atoms with Crippen LogP contribution in [0, 0.1) is 19.7 Å². The molecule has 0 aliphatic heterocycles. The molecule has 0 fully saturated rings. The first-order valence-electron chi connectivity index (χ1n) is 8.33. The molecule has 5 heteroatoms. The van der Waals surface area contributed by atoms with Gasteiger partial charge in [-0.25, -0.2) is 4.39 Å². The summed E-state index contributed by atoms with van der Waals surface area (Å²) in [6.45, 7) is 3.68. The Morgan fingerprint density at radius 3 is 2.38 bits per heavy atom. The summed E-state index contributed by atoms with van der Waals surface area (Å²) in [5.74, 6) is -0.162. The number of carbonyl (C=O) groups is 1. The predicted octanol–water partition coefficient (Wildman–Crippen LogP) is 4.17. The number of hydrogen-bond donors (Lipinski definition) is 2. The molecule has 26 heavy (non-hydrogen) atoms. The highest BCUT2D eigenvalue weighted by molar-refractivity contribution is 5.95. The molecule has 0 spiro atoms. The first-order chi connectivity index (χ1) is 12.4. The zero-order valence-corrected chi connectivity index (χ0v) is 14.6. The number of carbonyl (C=O) groups excluding carboxylic acids is 1. The highest BCUT2D eigenvalue weighted by atomic mass is 19.1. The highest BCUT2D eigenvalue weighted by Gasteiger charge is 2.16. The Morgan fingerprint density at radius 1 is 1.08 bits per heavy atom. The number of hydrogen-bond acceptors (Lipinski definition) is 3. The summed E-state index contributed by atoms with van der Waals surface area (Å²) in [5.41, 5.74) is 2.63. The molecule has 2 aromatic carbocycles. The fourth-order valence-corrected chi connectivity index (χ4v) is 2.64. The molecule has 0 bridgehead atoms. The zero-order valence-electron chi connectivity index (χ0n) is 14.6. The Balaban J connectivity index is 1.68. The van der Waals surface area contributed by atoms with E-state index in [0.29, 0.717) is 17.1 Å². The number of aliphatic hydroxyl groups excluding tert-OH is 1. The number of rotatable bonds is 5. The van der Waals surface area contributed by atoms with Crippen molar-refractivity contribution in [2.75, 3.05) is 6.54 Å². The smallest absolute Gasteiger partial charge is 0.254 e. The predicted molar refractivity (Wildman–Crippen MR) is 97.3 cm³/mol. The van der Waals surface area contributed by atoms with Crippen LogP contribution in [0.25, 0.3) is 11.1 Å². The van der Waals surface area contributed by atoms with Crippen LogP contribution in [0.2, 0.25) is 0 Å². The molecule has 1 amide bonds. The molecule has 134 valence electrons. The quantitative estimate of drug-likeness (QED) is 0.724. The number of furan rings is 1. The molecular formula is C21H20FNO3. The van der Waals surface area contributed by atoms with Gasteiger partial charge in [0.05, 0.1) is 12.1 Å². The van der Waals surface area contributed by atoms with Gasteiger partial charge in [0, 0.05) is 0 Å². The summed E-state index contributed by atoms with van der Waals surface area (Å²) >= 11 is 0. The summed E-state index contributed by atoms with van der Waals surface area (Å²) in [5, 5.41) is 12.5. The second kappa shape index (κ2) is 7.54. The molecule has 0 aliphatic carbocycles. The molecule has 4 nitrogen and oxygen atoms in total. The van der Waals surface area contributed by atoms with E-state index in [0.717, 1.165) is 11.1 Å². The number of aryl methyl sites for hydroxylation is 2. The van der Waals surface area contributed by atoms with Gasteiger partial charge in [0.15, 0.2) is 0 Å². The van der Waals surface area contributed by atoms with Crippen LogP contribution >= 0.6 is 0 Å². The molecule has 3 aromatic rings. The summed E-state index contributed by atoms with van der Waals surface area (Å²) in [6, 6.07) is 15.6. The maximum atomic E-state index is 14.4. The molecular weight excluding hydrogens is 333 g/mol. The number of halogens is 1. The third kappa shape index (κ3) is 4.00. The summed E-state index contributed by atoms with van der Waals surface area (Å²) in [7, 11) is 0. The summed E-state index contributed by atoms with van der Waals surface area (Å²) in [4.78, 5) is 12.2. The summed E-state index contributed by atoms with van der Waals surface area (Å²) in [6.07, 6.45) is -0.984. The van der Waals surface area contributed by atoms with E-state index in [9.17, 15) is 14.3 Å². The van der Waals surface area contributed by atoms with Crippen LogP contribution in [0.5, 0.6) is 0 Å². The van der Waals surface area contributed by atoms with E-state index in [1.165, 1.54) is 12.1 Å². The lowest BCUT2D eigenvalue weighted by molar-refractivity contribution is 0.0896. The number of nitrogens with one attached hydrogen (secondary N) is 1. The van der Waals surface area contributed by atoms with E-state index in [1.54, 1.807) is 25.1 Å². The average Bonchev–Trinajstić information content (AvgIpc) is 3.06. The molecule has 1 atom stereocenters. The van der Waals surface area contributed by atoms with Crippen molar-refractivity contribution < 1.29 is 18.7 Å². The van der Waals surface area contributed by atoms with Gasteiger partial charge in [-0.1, -0.05) is 35.9 Å². The average molecular weight is 353 g/mol. The van der Waals surface area contributed by atoms with Crippen molar-refractivity contribution in [3.8, 4) is 11.1 Å². The van der Waals surface area contributed by atoms with E-state index in [-0.39, 0.29) is 12.1 Å². The Bertz CT molecular complexity index is 915. The molecule has 1 aromatic heterocycles. The molecule has 1 heterocycles. The Kier molecular flexibility index (Phi) is 5.19. The fraction of sp³-hybridized carbons (Fsp3) is 0.190. The number of amides is 1. The minimum absolute atomic E-state index is 0.0645. The Hall–Kier alpha value is -2.92. The van der Waals surface area contributed by atoms with Gasteiger partial charge >= 0.3 is 0 Å². The van der Waals surface area contributed by atoms with Crippen molar-refractivity contribution in [1.82, 2.24) is 5.32 Å². The Morgan fingerprint density at radius 2 is 1.77 bits per heavy atom. The van der Waals surface area contributed by atoms with Crippen LogP contribution in [0.3, 0.4) is 0 Å². The molecule has 0 saturated carbocycles. The molecule has 0 radical (unpaired) electrons. The van der Waals surface area contributed by atoms with Crippen LogP contribution in [0.15, 0.2) is 59.0 Å². The number of aliphatic hydroxyl groups is 1. The van der Waals surface area contributed by atoms with Crippen molar-refractivity contribution in [2.24, 2.45) is 0 Å². The maximum absolute atomic E-state index is 14.4. The van der Waals surface area contributed by atoms with Crippen molar-refractivity contribution in [3.05, 3.63) is 83.1 Å². The van der Waals surface area contributed by atoms with Crippen molar-refractivity contribution in [1.29, 1.82) is 0 Å². The van der Waals surface area contributed by atoms with Gasteiger partial charge in [-0.05, 0) is 49.2 Å². The minimum Gasteiger partial charge on any atom is -0.464 e. The second-order valence-corrected chi connectivity index (χ2v) is 6.23. The lowest BCUT2D eigenvalue weighted by Crippen LogP contribution is -2.29. The van der Waals surface area contributed by atoms with Crippen molar-refractivity contribution in [3.63, 3.8) is 0 Å². The van der Waals surface area contributed by atoms with E-state index in [4.69, 9.17) is 4.42 Å². The van der Waals surface area contributed by atoms with E-state index in [2.05, 4.69) is 5.32 Å². The molecule has 0 saturated heterocycles. The highest BCUT2D eigenvalue weighted by Crippen LogP contribution is 2.22. The van der Waals surface area contributed by atoms with Gasteiger partial charge in [-0.2, -0.15) is 0 Å². The molecule has 0 aliphatic rings. The van der Waals surface area contributed by atoms with E-state index < -0.39 is 17.8 Å².